The van der Waals surface area contributed by atoms with Crippen molar-refractivity contribution in [2.24, 2.45) is 0 Å². The van der Waals surface area contributed by atoms with Crippen LogP contribution in [0, 0.1) is 6.92 Å². The first-order valence-electron chi connectivity index (χ1n) is 9.04. The van der Waals surface area contributed by atoms with Crippen molar-refractivity contribution in [1.29, 1.82) is 0 Å². The van der Waals surface area contributed by atoms with Gasteiger partial charge in [-0.05, 0) is 63.8 Å². The Hall–Kier alpha value is -2.85. The zero-order valence-corrected chi connectivity index (χ0v) is 16.6. The normalized spacial score (nSPS) is 12.1. The van der Waals surface area contributed by atoms with Crippen LogP contribution in [0.3, 0.4) is 0 Å². The third-order valence-electron chi connectivity index (χ3n) is 4.60. The quantitative estimate of drug-likeness (QED) is 0.577. The van der Waals surface area contributed by atoms with E-state index in [1.165, 1.54) is 0 Å². The van der Waals surface area contributed by atoms with Crippen LogP contribution in [-0.4, -0.2) is 37.3 Å². The number of para-hydroxylation sites is 1. The summed E-state index contributed by atoms with van der Waals surface area (Å²) in [7, 11) is 5.68. The van der Waals surface area contributed by atoms with Crippen molar-refractivity contribution < 1.29 is 9.47 Å². The Labute approximate surface area is 161 Å². The molecule has 0 bridgehead atoms. The van der Waals surface area contributed by atoms with Crippen LogP contribution in [-0.2, 0) is 0 Å². The predicted octanol–water partition coefficient (Wildman–Crippen LogP) is 5.02. The van der Waals surface area contributed by atoms with Gasteiger partial charge in [-0.2, -0.15) is 0 Å². The second-order valence-corrected chi connectivity index (χ2v) is 6.75. The highest BCUT2D eigenvalue weighted by molar-refractivity contribution is 5.83. The van der Waals surface area contributed by atoms with Gasteiger partial charge in [0.05, 0.1) is 12.8 Å². The Morgan fingerprint density at radius 3 is 2.26 bits per heavy atom. The lowest BCUT2D eigenvalue weighted by molar-refractivity contribution is 0.0821. The summed E-state index contributed by atoms with van der Waals surface area (Å²) >= 11 is 0. The molecule has 2 aromatic carbocycles. The van der Waals surface area contributed by atoms with E-state index in [1.54, 1.807) is 7.11 Å². The number of methoxy groups -OCH3 is 1. The molecule has 4 heteroatoms. The molecule has 0 saturated heterocycles. The summed E-state index contributed by atoms with van der Waals surface area (Å²) in [5, 5.41) is 0. The number of aromatic nitrogens is 1. The summed E-state index contributed by atoms with van der Waals surface area (Å²) in [4.78, 5) is 6.88. The Balaban J connectivity index is 2.10. The molecule has 0 aliphatic rings. The van der Waals surface area contributed by atoms with E-state index < -0.39 is 0 Å². The molecule has 3 rings (SSSR count). The minimum absolute atomic E-state index is 0.0413. The molecule has 1 unspecified atom stereocenters. The zero-order valence-electron chi connectivity index (χ0n) is 16.6. The number of nitrogens with zero attached hydrogens (tertiary/aromatic N) is 2. The number of hydrogen-bond acceptors (Lipinski definition) is 4. The monoisotopic (exact) mass is 362 g/mol. The first kappa shape index (κ1) is 18.9. The Morgan fingerprint density at radius 1 is 0.889 bits per heavy atom. The van der Waals surface area contributed by atoms with Crippen molar-refractivity contribution >= 4 is 0 Å². The average Bonchev–Trinajstić information content (AvgIpc) is 2.68. The third kappa shape index (κ3) is 4.29. The largest absolute Gasteiger partial charge is 0.497 e. The van der Waals surface area contributed by atoms with E-state index in [0.717, 1.165) is 39.6 Å². The first-order valence-corrected chi connectivity index (χ1v) is 9.04. The lowest BCUT2D eigenvalue weighted by atomic mass is 9.98. The van der Waals surface area contributed by atoms with E-state index in [9.17, 15) is 0 Å². The molecule has 0 radical (unpaired) electrons. The summed E-state index contributed by atoms with van der Waals surface area (Å²) in [5.41, 5.74) is 5.03. The highest BCUT2D eigenvalue weighted by Gasteiger charge is 2.16. The molecule has 0 amide bonds. The van der Waals surface area contributed by atoms with Crippen LogP contribution >= 0.6 is 0 Å². The van der Waals surface area contributed by atoms with Crippen LogP contribution in [0.25, 0.3) is 22.4 Å². The molecule has 0 spiro atoms. The van der Waals surface area contributed by atoms with Gasteiger partial charge in [-0.15, -0.1) is 0 Å². The molecule has 0 aliphatic carbocycles. The molecule has 0 aliphatic heterocycles. The second kappa shape index (κ2) is 8.23. The van der Waals surface area contributed by atoms with Gasteiger partial charge >= 0.3 is 0 Å². The van der Waals surface area contributed by atoms with Crippen molar-refractivity contribution in [3.8, 4) is 33.9 Å². The standard InChI is InChI=1S/C23H26N2O2/c1-16-10-15-20(18-11-13-19(26-5)14-12-18)23(24-16)21-8-6-7-9-22(21)27-17(2)25(3)4/h6-15,17H,1-5H3. The molecule has 1 atom stereocenters. The fourth-order valence-electron chi connectivity index (χ4n) is 2.82. The van der Waals surface area contributed by atoms with Crippen molar-refractivity contribution in [3.05, 3.63) is 66.4 Å². The number of aryl methyl sites for hydroxylation is 1. The van der Waals surface area contributed by atoms with E-state index in [0.29, 0.717) is 0 Å². The summed E-state index contributed by atoms with van der Waals surface area (Å²) in [5.74, 6) is 1.66. The minimum atomic E-state index is -0.0413. The zero-order chi connectivity index (χ0) is 19.4. The van der Waals surface area contributed by atoms with Crippen LogP contribution in [0.15, 0.2) is 60.7 Å². The van der Waals surface area contributed by atoms with Crippen LogP contribution in [0.5, 0.6) is 11.5 Å². The summed E-state index contributed by atoms with van der Waals surface area (Å²) < 4.78 is 11.5. The molecule has 0 N–H and O–H groups in total. The Bertz CT molecular complexity index is 905. The SMILES string of the molecule is COc1ccc(-c2ccc(C)nc2-c2ccccc2OC(C)N(C)C)cc1. The number of rotatable bonds is 6. The highest BCUT2D eigenvalue weighted by Crippen LogP contribution is 2.37. The Kier molecular flexibility index (Phi) is 5.77. The Morgan fingerprint density at radius 2 is 1.59 bits per heavy atom. The van der Waals surface area contributed by atoms with E-state index in [2.05, 4.69) is 24.3 Å². The lowest BCUT2D eigenvalue weighted by Crippen LogP contribution is -2.30. The molecule has 1 aromatic heterocycles. The average molecular weight is 362 g/mol. The van der Waals surface area contributed by atoms with Crippen molar-refractivity contribution in [3.63, 3.8) is 0 Å². The number of pyridine rings is 1. The molecular formula is C23H26N2O2. The molecule has 140 valence electrons. The van der Waals surface area contributed by atoms with Crippen molar-refractivity contribution in [2.75, 3.05) is 21.2 Å². The van der Waals surface area contributed by atoms with Gasteiger partial charge in [0.15, 0.2) is 0 Å². The molecule has 0 saturated carbocycles. The maximum Gasteiger partial charge on any atom is 0.149 e. The number of benzene rings is 2. The topological polar surface area (TPSA) is 34.6 Å². The first-order chi connectivity index (χ1) is 13.0. The van der Waals surface area contributed by atoms with E-state index >= 15 is 0 Å². The molecule has 4 nitrogen and oxygen atoms in total. The third-order valence-corrected chi connectivity index (χ3v) is 4.60. The smallest absolute Gasteiger partial charge is 0.149 e. The fraction of sp³-hybridized carbons (Fsp3) is 0.261. The van der Waals surface area contributed by atoms with Crippen molar-refractivity contribution in [1.82, 2.24) is 9.88 Å². The van der Waals surface area contributed by atoms with Gasteiger partial charge in [0.1, 0.15) is 17.7 Å². The van der Waals surface area contributed by atoms with Gasteiger partial charge in [0, 0.05) is 16.8 Å². The minimum Gasteiger partial charge on any atom is -0.497 e. The van der Waals surface area contributed by atoms with E-state index in [1.807, 2.05) is 69.2 Å². The van der Waals surface area contributed by atoms with Crippen molar-refractivity contribution in [2.45, 2.75) is 20.1 Å². The molecule has 1 heterocycles. The van der Waals surface area contributed by atoms with Crippen LogP contribution in [0.2, 0.25) is 0 Å². The van der Waals surface area contributed by atoms with Gasteiger partial charge in [-0.1, -0.05) is 30.3 Å². The lowest BCUT2D eigenvalue weighted by Gasteiger charge is -2.23. The maximum atomic E-state index is 6.19. The molecule has 3 aromatic rings. The van der Waals surface area contributed by atoms with E-state index in [4.69, 9.17) is 14.5 Å². The molecule has 0 fully saturated rings. The predicted molar refractivity (Wildman–Crippen MR) is 110 cm³/mol. The highest BCUT2D eigenvalue weighted by atomic mass is 16.5. The number of hydrogen-bond donors (Lipinski definition) is 0. The summed E-state index contributed by atoms with van der Waals surface area (Å²) in [6.45, 7) is 4.04. The van der Waals surface area contributed by atoms with Gasteiger partial charge in [-0.25, -0.2) is 0 Å². The second-order valence-electron chi connectivity index (χ2n) is 6.75. The van der Waals surface area contributed by atoms with Gasteiger partial charge < -0.3 is 9.47 Å². The molecular weight excluding hydrogens is 336 g/mol. The fourth-order valence-corrected chi connectivity index (χ4v) is 2.82. The van der Waals surface area contributed by atoms with E-state index in [-0.39, 0.29) is 6.23 Å². The van der Waals surface area contributed by atoms with Crippen LogP contribution < -0.4 is 9.47 Å². The van der Waals surface area contributed by atoms with Gasteiger partial charge in [0.25, 0.3) is 0 Å². The molecule has 27 heavy (non-hydrogen) atoms. The van der Waals surface area contributed by atoms with Crippen LogP contribution in [0.1, 0.15) is 12.6 Å². The van der Waals surface area contributed by atoms with Crippen LogP contribution in [0.4, 0.5) is 0 Å². The van der Waals surface area contributed by atoms with Gasteiger partial charge in [0.2, 0.25) is 0 Å². The summed E-state index contributed by atoms with van der Waals surface area (Å²) in [6.07, 6.45) is -0.0413. The van der Waals surface area contributed by atoms with Gasteiger partial charge in [-0.3, -0.25) is 9.88 Å². The summed E-state index contributed by atoms with van der Waals surface area (Å²) in [6, 6.07) is 20.3. The maximum absolute atomic E-state index is 6.19. The number of ether oxygens (including phenoxy) is 2.